The number of nitrogens with zero attached hydrogens (tertiary/aromatic N) is 3. The molecule has 21 N–H and O–H groups in total. The summed E-state index contributed by atoms with van der Waals surface area (Å²) < 4.78 is 27.2. The van der Waals surface area contributed by atoms with Gasteiger partial charge in [0, 0.05) is 27.3 Å². The second kappa shape index (κ2) is 63.4. The minimum absolute atomic E-state index is 0.0118. The second-order valence-electron chi connectivity index (χ2n) is 41.9. The third-order valence-electron chi connectivity index (χ3n) is 22.1. The van der Waals surface area contributed by atoms with Crippen LogP contribution >= 0.6 is 0 Å². The molecule has 0 aliphatic carbocycles. The number of nitrogens with two attached hydrogens (primary N) is 8. The second-order valence-corrected chi connectivity index (χ2v) is 41.9. The van der Waals surface area contributed by atoms with Crippen molar-refractivity contribution in [2.75, 3.05) is 21.1 Å². The number of benzene rings is 12. The molecule has 0 saturated carbocycles. The van der Waals surface area contributed by atoms with E-state index in [9.17, 15) is 24.0 Å². The van der Waals surface area contributed by atoms with Gasteiger partial charge in [-0.25, -0.2) is 38.9 Å². The van der Waals surface area contributed by atoms with Crippen molar-refractivity contribution in [3.63, 3.8) is 0 Å². The number of nitrogen functional groups attached to an aromatic ring is 2. The van der Waals surface area contributed by atoms with Crippen LogP contribution in [0.2, 0.25) is 0 Å². The summed E-state index contributed by atoms with van der Waals surface area (Å²) in [5.74, 6) is 0.564. The van der Waals surface area contributed by atoms with Crippen LogP contribution in [0.3, 0.4) is 0 Å². The summed E-state index contributed by atoms with van der Waals surface area (Å²) in [5, 5.41) is 32.5. The van der Waals surface area contributed by atoms with Crippen molar-refractivity contribution >= 4 is 130 Å². The molecule has 26 heteroatoms. The van der Waals surface area contributed by atoms with E-state index < -0.39 is 22.6 Å². The Morgan fingerprint density at radius 2 is 0.571 bits per heavy atom. The Morgan fingerprint density at radius 1 is 0.286 bits per heavy atom. The van der Waals surface area contributed by atoms with Gasteiger partial charge >= 0.3 is 29.8 Å². The van der Waals surface area contributed by atoms with Crippen molar-refractivity contribution in [3.8, 4) is 28.7 Å². The van der Waals surface area contributed by atoms with Crippen LogP contribution in [0.15, 0.2) is 258 Å². The van der Waals surface area contributed by atoms with E-state index in [0.717, 1.165) is 53.9 Å². The number of ether oxygens (including phenoxy) is 5. The predicted molar refractivity (Wildman–Crippen MR) is 623 cm³/mol. The van der Waals surface area contributed by atoms with Crippen molar-refractivity contribution in [2.24, 2.45) is 87.9 Å². The number of hydrogen-bond donors (Lipinski definition) is 13. The van der Waals surface area contributed by atoms with Crippen LogP contribution in [0, 0.1) is 37.9 Å². The highest BCUT2D eigenvalue weighted by Crippen LogP contribution is 2.36. The Kier molecular flexibility index (Phi) is 56.4. The zero-order valence-electron chi connectivity index (χ0n) is 94.3. The van der Waals surface area contributed by atoms with Crippen LogP contribution in [0.1, 0.15) is 291 Å². The molecule has 26 nitrogen and oxygen atoms in total. The maximum Gasteiger partial charge on any atom is 0.343 e. The molecule has 0 saturated heterocycles. The van der Waals surface area contributed by atoms with Crippen molar-refractivity contribution in [2.45, 2.75) is 276 Å². The first-order valence-electron chi connectivity index (χ1n) is 50.5. The van der Waals surface area contributed by atoms with Gasteiger partial charge in [0.05, 0.1) is 28.2 Å². The number of likely N-dealkylation sites (N-methyl/N-ethyl adjacent to an activating group) is 3. The highest BCUT2D eigenvalue weighted by molar-refractivity contribution is 6.10. The maximum absolute atomic E-state index is 12.2. The molecule has 0 heterocycles. The van der Waals surface area contributed by atoms with Gasteiger partial charge in [0.1, 0.15) is 57.0 Å². The summed E-state index contributed by atoms with van der Waals surface area (Å²) in [5.41, 5.74) is 48.2. The van der Waals surface area contributed by atoms with E-state index >= 15 is 0 Å². The molecule has 0 amide bonds. The third-order valence-corrected chi connectivity index (χ3v) is 22.1. The van der Waals surface area contributed by atoms with Gasteiger partial charge in [-0.1, -0.05) is 326 Å². The molecule has 0 unspecified atom stereocenters. The summed E-state index contributed by atoms with van der Waals surface area (Å²) in [4.78, 5) is 72.6. The van der Waals surface area contributed by atoms with Gasteiger partial charge in [0.15, 0.2) is 17.9 Å². The molecule has 0 bridgehead atoms. The largest absolute Gasteiger partial charge is 0.425 e. The summed E-state index contributed by atoms with van der Waals surface area (Å²) in [6.45, 7) is 63.6. The van der Waals surface area contributed by atoms with Gasteiger partial charge in [0.25, 0.3) is 0 Å². The molecule has 0 spiro atoms. The number of guanidine groups is 3. The Hall–Kier alpha value is -14.1. The molecule has 12 aromatic rings. The number of amidine groups is 2. The topological polar surface area (TPSA) is 461 Å². The molecule has 12 rings (SSSR count). The Balaban J connectivity index is 0.000000845. The Bertz CT molecular complexity index is 6150. The van der Waals surface area contributed by atoms with Crippen molar-refractivity contribution in [1.29, 1.82) is 10.8 Å². The lowest BCUT2D eigenvalue weighted by Crippen LogP contribution is -2.47. The SMILES string of the molecule is CC.CC.CCC(C)(C)C.CCC(C)(C)C.CCCC(C)(C)C.CCCC(C)(C)C.CCCC(C)(C)C.CNC(C)(C)C(=O)Oc1ccc(C(=N)N)c2ccccc12.CNC(C)(C)C(=O)Oc1ccc2cc(C(=N)N)ccc2c1.CNC(C)(C)C(=O)Oc1ccc2cc(N=C(N)N)ccc2c1.NC(N)=Nc1ccc(OC(=O)c2ccccc2)c2ccccc12.NC(N)=Nc1ccc2cc(OC(=O)c3ccccc3)ccc2c1. The van der Waals surface area contributed by atoms with E-state index in [1.165, 1.54) is 51.4 Å². The van der Waals surface area contributed by atoms with Crippen molar-refractivity contribution in [3.05, 3.63) is 265 Å². The van der Waals surface area contributed by atoms with Crippen LogP contribution in [0.5, 0.6) is 28.7 Å². The zero-order valence-corrected chi connectivity index (χ0v) is 94.3. The number of aliphatic imine (C=N–C) groups is 3. The highest BCUT2D eigenvalue weighted by Gasteiger charge is 2.31. The molecule has 800 valence electrons. The first-order chi connectivity index (χ1) is 68.6. The lowest BCUT2D eigenvalue weighted by Gasteiger charge is -2.22. The van der Waals surface area contributed by atoms with Gasteiger partial charge < -0.3 is 85.5 Å². The molecule has 0 aliphatic rings. The average molecular weight is 2010 g/mol. The van der Waals surface area contributed by atoms with Crippen LogP contribution in [0.4, 0.5) is 17.1 Å². The van der Waals surface area contributed by atoms with Crippen LogP contribution < -0.4 is 85.5 Å². The minimum atomic E-state index is -0.777. The first-order valence-corrected chi connectivity index (χ1v) is 50.5. The Morgan fingerprint density at radius 3 is 0.891 bits per heavy atom. The van der Waals surface area contributed by atoms with Crippen LogP contribution in [-0.2, 0) is 14.4 Å². The van der Waals surface area contributed by atoms with Gasteiger partial charge in [-0.2, -0.15) is 0 Å². The van der Waals surface area contributed by atoms with Crippen molar-refractivity contribution in [1.82, 2.24) is 16.0 Å². The molecule has 0 radical (unpaired) electrons. The molecular weight excluding hydrogens is 1840 g/mol. The van der Waals surface area contributed by atoms with E-state index in [1.807, 2.05) is 143 Å². The third kappa shape index (κ3) is 51.0. The van der Waals surface area contributed by atoms with Crippen molar-refractivity contribution < 1.29 is 47.7 Å². The summed E-state index contributed by atoms with van der Waals surface area (Å²) in [6, 6.07) is 72.0. The fourth-order valence-electron chi connectivity index (χ4n) is 12.3. The molecule has 0 aliphatic heterocycles. The lowest BCUT2D eigenvalue weighted by molar-refractivity contribution is -0.141. The number of rotatable bonds is 21. The smallest absolute Gasteiger partial charge is 0.343 e. The van der Waals surface area contributed by atoms with E-state index in [2.05, 4.69) is 169 Å². The normalized spacial score (nSPS) is 10.9. The average Bonchev–Trinajstić information content (AvgIpc) is 0.810. The summed E-state index contributed by atoms with van der Waals surface area (Å²) >= 11 is 0. The number of carbonyl (C=O) groups is 5. The van der Waals surface area contributed by atoms with Gasteiger partial charge in [0.2, 0.25) is 0 Å². The predicted octanol–water partition coefficient (Wildman–Crippen LogP) is 27.1. The molecule has 12 aromatic carbocycles. The monoisotopic (exact) mass is 2010 g/mol. The fraction of sp³-hybridized carbons (Fsp3) is 0.405. The van der Waals surface area contributed by atoms with Gasteiger partial charge in [-0.3, -0.25) is 10.8 Å². The molecular formula is C121H176N16O10. The van der Waals surface area contributed by atoms with Gasteiger partial charge in [-0.05, 0) is 262 Å². The first kappa shape index (κ1) is 131. The molecule has 0 fully saturated rings. The van der Waals surface area contributed by atoms with Crippen LogP contribution in [-0.4, -0.2) is 97.2 Å². The quantitative estimate of drug-likeness (QED) is 0.0137. The molecule has 0 atom stereocenters. The minimum Gasteiger partial charge on any atom is -0.425 e. The van der Waals surface area contributed by atoms with E-state index in [0.29, 0.717) is 95.1 Å². The molecule has 0 aromatic heterocycles. The number of carbonyl (C=O) groups excluding carboxylic acids is 5. The maximum atomic E-state index is 12.2. The summed E-state index contributed by atoms with van der Waals surface area (Å²) in [6.07, 6.45) is 10.5. The zero-order chi connectivity index (χ0) is 112. The van der Waals surface area contributed by atoms with E-state index in [1.54, 1.807) is 190 Å². The number of nitrogens with one attached hydrogen (secondary N) is 5. The van der Waals surface area contributed by atoms with Crippen LogP contribution in [0.25, 0.3) is 53.9 Å². The Labute approximate surface area is 878 Å². The lowest BCUT2D eigenvalue weighted by atomic mass is 9.91. The fourth-order valence-corrected chi connectivity index (χ4v) is 12.3. The number of hydrogen-bond acceptors (Lipinski definition) is 18. The van der Waals surface area contributed by atoms with Gasteiger partial charge in [-0.15, -0.1) is 0 Å². The van der Waals surface area contributed by atoms with E-state index in [4.69, 9.17) is 80.4 Å². The number of esters is 5. The number of fused-ring (bicyclic) bond motifs is 5. The molecule has 147 heavy (non-hydrogen) atoms. The standard InChI is InChI=1S/2C18H15N3O2.C16H20N4O2.2C16H19N3O2.3C7H16.2C6H14.2C2H6/c19-18(20)21-15-10-11-16(14-9-5-4-8-13(14)15)23-17(22)12-6-2-1-3-7-12;19-18(20)21-15-8-6-14-11-16(9-7-13(14)10-15)23-17(22)12-4-2-1-3-5-12;1-16(2,19-3)14(21)22-13-7-5-10-8-12(20-15(17)18)6-4-11(10)9-13;1-16(2,19-3)15(20)21-13-7-6-10-8-12(14(17)18)5-4-11(10)9-13;1-16(2,19-3)15(20)21-13-9-8-12(14(17)18)10-6-4-5-7-11(10)13;3*1-5-6-7(2,3)4;2*1-5-6(2,3)4;2*1-2/h2*1-11H,(H4,19,20,21);4-9,19H,1-3H3,(H4,17,18,20);2*4-9,19H,1-3H3,(H3,17,18);3*5-6H2,1-4H3;2*5H2,1-4H3;2*1-2H3. The summed E-state index contributed by atoms with van der Waals surface area (Å²) in [7, 11) is 5.13. The highest BCUT2D eigenvalue weighted by atomic mass is 16.6. The van der Waals surface area contributed by atoms with E-state index in [-0.39, 0.29) is 53.4 Å².